The Morgan fingerprint density at radius 2 is 2.06 bits per heavy atom. The highest BCUT2D eigenvalue weighted by Gasteiger charge is 2.15. The molecule has 6 nitrogen and oxygen atoms in total. The molecule has 94 valence electrons. The molecule has 0 spiro atoms. The van der Waals surface area contributed by atoms with Crippen molar-refractivity contribution in [2.45, 2.75) is 19.4 Å². The molecule has 0 aliphatic rings. The van der Waals surface area contributed by atoms with Gasteiger partial charge in [-0.1, -0.05) is 0 Å². The van der Waals surface area contributed by atoms with E-state index in [-0.39, 0.29) is 19.0 Å². The Balaban J connectivity index is 2.42. The van der Waals surface area contributed by atoms with Crippen LogP contribution in [0.1, 0.15) is 13.8 Å². The van der Waals surface area contributed by atoms with E-state index in [2.05, 4.69) is 15.3 Å². The van der Waals surface area contributed by atoms with Crippen molar-refractivity contribution in [2.24, 2.45) is 0 Å². The van der Waals surface area contributed by atoms with E-state index in [4.69, 9.17) is 0 Å². The molecule has 1 amide bonds. The van der Waals surface area contributed by atoms with Gasteiger partial charge in [0.15, 0.2) is 0 Å². The van der Waals surface area contributed by atoms with E-state index in [0.29, 0.717) is 5.95 Å². The van der Waals surface area contributed by atoms with Crippen LogP contribution >= 0.6 is 0 Å². The average Bonchev–Trinajstić information content (AvgIpc) is 2.27. The van der Waals surface area contributed by atoms with Crippen molar-refractivity contribution in [1.82, 2.24) is 15.3 Å². The van der Waals surface area contributed by atoms with Crippen LogP contribution in [0.15, 0.2) is 18.5 Å². The molecule has 0 radical (unpaired) electrons. The first kappa shape index (κ1) is 13.4. The minimum atomic E-state index is -0.905. The highest BCUT2D eigenvalue weighted by molar-refractivity contribution is 5.80. The Kier molecular flexibility index (Phi) is 4.39. The van der Waals surface area contributed by atoms with E-state index < -0.39 is 5.60 Å². The molecule has 0 saturated heterocycles. The van der Waals surface area contributed by atoms with Crippen LogP contribution in [-0.2, 0) is 4.79 Å². The Labute approximate surface area is 101 Å². The molecule has 0 aliphatic heterocycles. The zero-order chi connectivity index (χ0) is 12.9. The van der Waals surface area contributed by atoms with Crippen LogP contribution in [0.25, 0.3) is 0 Å². The minimum absolute atomic E-state index is 0.153. The number of carbonyl (C=O) groups is 1. The van der Waals surface area contributed by atoms with E-state index >= 15 is 0 Å². The van der Waals surface area contributed by atoms with Gasteiger partial charge in [0.25, 0.3) is 0 Å². The minimum Gasteiger partial charge on any atom is -0.389 e. The lowest BCUT2D eigenvalue weighted by Gasteiger charge is -2.20. The number of hydrogen-bond donors (Lipinski definition) is 2. The summed E-state index contributed by atoms with van der Waals surface area (Å²) in [6.07, 6.45) is 3.24. The fraction of sp³-hybridized carbons (Fsp3) is 0.545. The second-order valence-corrected chi connectivity index (χ2v) is 4.49. The number of rotatable bonds is 5. The van der Waals surface area contributed by atoms with E-state index in [9.17, 15) is 9.90 Å². The maximum absolute atomic E-state index is 11.6. The van der Waals surface area contributed by atoms with Gasteiger partial charge < -0.3 is 15.3 Å². The summed E-state index contributed by atoms with van der Waals surface area (Å²) in [4.78, 5) is 21.2. The van der Waals surface area contributed by atoms with Gasteiger partial charge in [0.05, 0.1) is 12.1 Å². The third-order valence-electron chi connectivity index (χ3n) is 1.99. The molecule has 1 aromatic rings. The SMILES string of the molecule is CN(CC(=O)NCC(C)(C)O)c1ncccn1. The van der Waals surface area contributed by atoms with Gasteiger partial charge in [0, 0.05) is 26.0 Å². The third-order valence-corrected chi connectivity index (χ3v) is 1.99. The van der Waals surface area contributed by atoms with Crippen molar-refractivity contribution in [3.05, 3.63) is 18.5 Å². The summed E-state index contributed by atoms with van der Waals surface area (Å²) in [6.45, 7) is 3.64. The van der Waals surface area contributed by atoms with Crippen molar-refractivity contribution >= 4 is 11.9 Å². The Morgan fingerprint density at radius 1 is 1.47 bits per heavy atom. The van der Waals surface area contributed by atoms with Crippen molar-refractivity contribution in [3.63, 3.8) is 0 Å². The van der Waals surface area contributed by atoms with Crippen LogP contribution in [0.3, 0.4) is 0 Å². The molecule has 17 heavy (non-hydrogen) atoms. The monoisotopic (exact) mass is 238 g/mol. The molecule has 0 aromatic carbocycles. The lowest BCUT2D eigenvalue weighted by atomic mass is 10.1. The number of anilines is 1. The molecule has 0 fully saturated rings. The van der Waals surface area contributed by atoms with Crippen LogP contribution in [0.2, 0.25) is 0 Å². The van der Waals surface area contributed by atoms with E-state index in [0.717, 1.165) is 0 Å². The quantitative estimate of drug-likeness (QED) is 0.742. The third kappa shape index (κ3) is 5.26. The van der Waals surface area contributed by atoms with Crippen molar-refractivity contribution in [3.8, 4) is 0 Å². The molecular weight excluding hydrogens is 220 g/mol. The maximum atomic E-state index is 11.6. The van der Waals surface area contributed by atoms with Gasteiger partial charge in [0.2, 0.25) is 11.9 Å². The second-order valence-electron chi connectivity index (χ2n) is 4.49. The maximum Gasteiger partial charge on any atom is 0.239 e. The van der Waals surface area contributed by atoms with Gasteiger partial charge in [-0.05, 0) is 19.9 Å². The number of amides is 1. The molecule has 1 heterocycles. The number of carbonyl (C=O) groups excluding carboxylic acids is 1. The van der Waals surface area contributed by atoms with E-state index in [1.807, 2.05) is 0 Å². The molecule has 0 atom stereocenters. The molecule has 2 N–H and O–H groups in total. The molecule has 0 unspecified atom stereocenters. The molecule has 0 saturated carbocycles. The summed E-state index contributed by atoms with van der Waals surface area (Å²) < 4.78 is 0. The number of nitrogens with one attached hydrogen (secondary N) is 1. The highest BCUT2D eigenvalue weighted by Crippen LogP contribution is 2.01. The summed E-state index contributed by atoms with van der Waals surface area (Å²) >= 11 is 0. The predicted octanol–water partition coefficient (Wildman–Crippen LogP) is -0.200. The smallest absolute Gasteiger partial charge is 0.239 e. The lowest BCUT2D eigenvalue weighted by molar-refractivity contribution is -0.120. The molecular formula is C11H18N4O2. The lowest BCUT2D eigenvalue weighted by Crippen LogP contribution is -2.42. The van der Waals surface area contributed by atoms with E-state index in [1.165, 1.54) is 0 Å². The first-order valence-electron chi connectivity index (χ1n) is 5.36. The van der Waals surface area contributed by atoms with Crippen LogP contribution in [0.5, 0.6) is 0 Å². The fourth-order valence-corrected chi connectivity index (χ4v) is 1.15. The predicted molar refractivity (Wildman–Crippen MR) is 64.6 cm³/mol. The largest absolute Gasteiger partial charge is 0.389 e. The average molecular weight is 238 g/mol. The number of likely N-dealkylation sites (N-methyl/N-ethyl adjacent to an activating group) is 1. The van der Waals surface area contributed by atoms with Crippen LogP contribution in [0, 0.1) is 0 Å². The summed E-state index contributed by atoms with van der Waals surface area (Å²) in [6, 6.07) is 1.71. The first-order chi connectivity index (χ1) is 7.88. The number of aromatic nitrogens is 2. The second kappa shape index (κ2) is 5.58. The van der Waals surface area contributed by atoms with Gasteiger partial charge in [-0.3, -0.25) is 4.79 Å². The molecule has 0 aliphatic carbocycles. The van der Waals surface area contributed by atoms with Gasteiger partial charge in [-0.15, -0.1) is 0 Å². The Hall–Kier alpha value is -1.69. The summed E-state index contributed by atoms with van der Waals surface area (Å²) in [5, 5.41) is 12.1. The Morgan fingerprint density at radius 3 is 2.59 bits per heavy atom. The van der Waals surface area contributed by atoms with Gasteiger partial charge in [-0.2, -0.15) is 0 Å². The van der Waals surface area contributed by atoms with Crippen LogP contribution in [0.4, 0.5) is 5.95 Å². The van der Waals surface area contributed by atoms with E-state index in [1.54, 1.807) is 44.3 Å². The summed E-state index contributed by atoms with van der Waals surface area (Å²) in [7, 11) is 1.74. The summed E-state index contributed by atoms with van der Waals surface area (Å²) in [5.41, 5.74) is -0.905. The summed E-state index contributed by atoms with van der Waals surface area (Å²) in [5.74, 6) is 0.313. The number of hydrogen-bond acceptors (Lipinski definition) is 5. The van der Waals surface area contributed by atoms with Crippen molar-refractivity contribution in [2.75, 3.05) is 25.0 Å². The van der Waals surface area contributed by atoms with Crippen LogP contribution in [-0.4, -0.2) is 46.7 Å². The van der Waals surface area contributed by atoms with Crippen molar-refractivity contribution < 1.29 is 9.90 Å². The molecule has 1 rings (SSSR count). The Bertz CT molecular complexity index is 361. The first-order valence-corrected chi connectivity index (χ1v) is 5.36. The number of nitrogens with zero attached hydrogens (tertiary/aromatic N) is 3. The molecule has 0 bridgehead atoms. The van der Waals surface area contributed by atoms with Gasteiger partial charge in [-0.25, -0.2) is 9.97 Å². The van der Waals surface area contributed by atoms with Gasteiger partial charge in [0.1, 0.15) is 0 Å². The topological polar surface area (TPSA) is 78.4 Å². The standard InChI is InChI=1S/C11H18N4O2/c1-11(2,17)8-14-9(16)7-15(3)10-12-5-4-6-13-10/h4-6,17H,7-8H2,1-3H3,(H,14,16). The van der Waals surface area contributed by atoms with Crippen molar-refractivity contribution in [1.29, 1.82) is 0 Å². The number of aliphatic hydroxyl groups is 1. The fourth-order valence-electron chi connectivity index (χ4n) is 1.15. The van der Waals surface area contributed by atoms with Gasteiger partial charge >= 0.3 is 0 Å². The molecule has 1 aromatic heterocycles. The molecule has 6 heteroatoms. The zero-order valence-corrected chi connectivity index (χ0v) is 10.3. The zero-order valence-electron chi connectivity index (χ0n) is 10.3. The highest BCUT2D eigenvalue weighted by atomic mass is 16.3. The van der Waals surface area contributed by atoms with Crippen LogP contribution < -0.4 is 10.2 Å². The normalized spacial score (nSPS) is 11.1.